The van der Waals surface area contributed by atoms with Crippen molar-refractivity contribution < 1.29 is 0 Å². The van der Waals surface area contributed by atoms with Gasteiger partial charge in [0.2, 0.25) is 0 Å². The lowest BCUT2D eigenvalue weighted by atomic mass is 10.4. The van der Waals surface area contributed by atoms with Crippen molar-refractivity contribution in [1.82, 2.24) is 5.32 Å². The Balaban J connectivity index is 2.81. The zero-order valence-electron chi connectivity index (χ0n) is 5.02. The maximum Gasteiger partial charge on any atom is 0.0314 e. The van der Waals surface area contributed by atoms with Gasteiger partial charge in [-0.1, -0.05) is 6.08 Å². The van der Waals surface area contributed by atoms with E-state index in [9.17, 15) is 0 Å². The summed E-state index contributed by atoms with van der Waals surface area (Å²) in [5.74, 6) is 0. The summed E-state index contributed by atoms with van der Waals surface area (Å²) in [5, 5.41) is 4.12. The van der Waals surface area contributed by atoms with Crippen LogP contribution in [0.1, 0.15) is 13.8 Å². The highest BCUT2D eigenvalue weighted by atomic mass is 14.9. The average Bonchev–Trinajstić information content (AvgIpc) is 1.61. The third-order valence-electron chi connectivity index (χ3n) is 0.600. The van der Waals surface area contributed by atoms with Crippen molar-refractivity contribution >= 4 is 0 Å². The summed E-state index contributed by atoms with van der Waals surface area (Å²) < 4.78 is 0. The van der Waals surface area contributed by atoms with Gasteiger partial charge in [-0.2, -0.15) is 0 Å². The molecule has 0 saturated heterocycles. The van der Waals surface area contributed by atoms with Crippen LogP contribution in [0.25, 0.3) is 0 Å². The van der Waals surface area contributed by atoms with Crippen molar-refractivity contribution in [2.45, 2.75) is 19.9 Å². The average molecular weight is 98.2 g/mol. The first-order chi connectivity index (χ1) is 3.27. The molecule has 0 aliphatic rings. The highest BCUT2D eigenvalue weighted by molar-refractivity contribution is 4.70. The monoisotopic (exact) mass is 98.1 g/mol. The van der Waals surface area contributed by atoms with E-state index in [1.807, 2.05) is 0 Å². The van der Waals surface area contributed by atoms with Crippen LogP contribution in [0.5, 0.6) is 0 Å². The third kappa shape index (κ3) is 5.70. The van der Waals surface area contributed by atoms with E-state index in [1.165, 1.54) is 0 Å². The van der Waals surface area contributed by atoms with Gasteiger partial charge in [0.05, 0.1) is 0 Å². The van der Waals surface area contributed by atoms with Crippen LogP contribution in [-0.4, -0.2) is 12.6 Å². The standard InChI is InChI=1S/C6H12N/c1-4-5-7-6(2)3/h4,6H,1,5H2,2-3H3. The first-order valence-corrected chi connectivity index (χ1v) is 2.55. The normalized spacial score (nSPS) is 9.57. The summed E-state index contributed by atoms with van der Waals surface area (Å²) in [6.45, 7) is 8.45. The molecule has 7 heavy (non-hydrogen) atoms. The minimum Gasteiger partial charge on any atom is -0.235 e. The topological polar surface area (TPSA) is 14.1 Å². The van der Waals surface area contributed by atoms with Gasteiger partial charge in [-0.25, -0.2) is 5.32 Å². The molecular formula is C6H12N. The summed E-state index contributed by atoms with van der Waals surface area (Å²) in [5.41, 5.74) is 0. The van der Waals surface area contributed by atoms with Crippen molar-refractivity contribution in [3.05, 3.63) is 12.7 Å². The van der Waals surface area contributed by atoms with Gasteiger partial charge in [0, 0.05) is 12.6 Å². The molecule has 0 N–H and O–H groups in total. The SMILES string of the molecule is C=CC[N]C(C)C. The lowest BCUT2D eigenvalue weighted by molar-refractivity contribution is 0.619. The first kappa shape index (κ1) is 6.70. The Kier molecular flexibility index (Phi) is 3.71. The molecule has 0 bridgehead atoms. The molecule has 0 heterocycles. The number of hydrogen-bond donors (Lipinski definition) is 0. The summed E-state index contributed by atoms with van der Waals surface area (Å²) >= 11 is 0. The molecule has 41 valence electrons. The summed E-state index contributed by atoms with van der Waals surface area (Å²) in [6.07, 6.45) is 1.81. The maximum absolute atomic E-state index is 4.12. The Bertz CT molecular complexity index is 48.1. The predicted molar refractivity (Wildman–Crippen MR) is 32.3 cm³/mol. The molecule has 0 atom stereocenters. The second-order valence-corrected chi connectivity index (χ2v) is 1.75. The lowest BCUT2D eigenvalue weighted by Gasteiger charge is -1.98. The molecule has 0 aromatic heterocycles. The highest BCUT2D eigenvalue weighted by Crippen LogP contribution is 1.76. The molecule has 0 saturated carbocycles. The fourth-order valence-corrected chi connectivity index (χ4v) is 0.285. The Hall–Kier alpha value is -0.300. The van der Waals surface area contributed by atoms with Gasteiger partial charge in [0.1, 0.15) is 0 Å². The Morgan fingerprint density at radius 3 is 2.43 bits per heavy atom. The molecule has 0 amide bonds. The molecule has 0 rings (SSSR count). The third-order valence-corrected chi connectivity index (χ3v) is 0.600. The maximum atomic E-state index is 4.12. The zero-order valence-corrected chi connectivity index (χ0v) is 5.02. The van der Waals surface area contributed by atoms with Crippen LogP contribution < -0.4 is 5.32 Å². The molecule has 1 radical (unpaired) electrons. The van der Waals surface area contributed by atoms with E-state index in [-0.39, 0.29) is 0 Å². The lowest BCUT2D eigenvalue weighted by Crippen LogP contribution is -2.13. The van der Waals surface area contributed by atoms with Crippen molar-refractivity contribution in [2.75, 3.05) is 6.54 Å². The largest absolute Gasteiger partial charge is 0.235 e. The molecule has 0 aliphatic heterocycles. The van der Waals surface area contributed by atoms with Crippen LogP contribution in [0.2, 0.25) is 0 Å². The number of rotatable bonds is 3. The molecule has 0 aromatic carbocycles. The fourth-order valence-electron chi connectivity index (χ4n) is 0.285. The van der Waals surface area contributed by atoms with Crippen molar-refractivity contribution in [1.29, 1.82) is 0 Å². The van der Waals surface area contributed by atoms with E-state index >= 15 is 0 Å². The van der Waals surface area contributed by atoms with Gasteiger partial charge in [-0.15, -0.1) is 6.58 Å². The van der Waals surface area contributed by atoms with Crippen LogP contribution in [0.15, 0.2) is 12.7 Å². The Morgan fingerprint density at radius 1 is 1.71 bits per heavy atom. The van der Waals surface area contributed by atoms with E-state index in [1.54, 1.807) is 6.08 Å². The van der Waals surface area contributed by atoms with Crippen LogP contribution in [0.3, 0.4) is 0 Å². The van der Waals surface area contributed by atoms with Gasteiger partial charge in [0.25, 0.3) is 0 Å². The molecule has 1 heteroatoms. The fraction of sp³-hybridized carbons (Fsp3) is 0.667. The number of hydrogen-bond acceptors (Lipinski definition) is 0. The first-order valence-electron chi connectivity index (χ1n) is 2.55. The second-order valence-electron chi connectivity index (χ2n) is 1.75. The molecule has 0 spiro atoms. The zero-order chi connectivity index (χ0) is 5.70. The minimum atomic E-state index is 0.456. The van der Waals surface area contributed by atoms with Crippen LogP contribution in [0.4, 0.5) is 0 Å². The van der Waals surface area contributed by atoms with Gasteiger partial charge in [0.15, 0.2) is 0 Å². The molecule has 0 aromatic rings. The minimum absolute atomic E-state index is 0.456. The van der Waals surface area contributed by atoms with Gasteiger partial charge >= 0.3 is 0 Å². The predicted octanol–water partition coefficient (Wildman–Crippen LogP) is 1.19. The van der Waals surface area contributed by atoms with Crippen molar-refractivity contribution in [3.8, 4) is 0 Å². The molecule has 0 unspecified atom stereocenters. The molecule has 0 aliphatic carbocycles. The van der Waals surface area contributed by atoms with Gasteiger partial charge in [-0.05, 0) is 13.8 Å². The van der Waals surface area contributed by atoms with E-state index in [4.69, 9.17) is 0 Å². The van der Waals surface area contributed by atoms with E-state index in [2.05, 4.69) is 25.7 Å². The molecule has 1 nitrogen and oxygen atoms in total. The molecular weight excluding hydrogens is 86.1 g/mol. The second kappa shape index (κ2) is 3.88. The van der Waals surface area contributed by atoms with E-state index in [0.29, 0.717) is 6.04 Å². The van der Waals surface area contributed by atoms with E-state index < -0.39 is 0 Å². The number of nitrogens with zero attached hydrogens (tertiary/aromatic N) is 1. The van der Waals surface area contributed by atoms with Crippen LogP contribution in [-0.2, 0) is 0 Å². The summed E-state index contributed by atoms with van der Waals surface area (Å²) in [6, 6.07) is 0.456. The van der Waals surface area contributed by atoms with Gasteiger partial charge in [-0.3, -0.25) is 0 Å². The highest BCUT2D eigenvalue weighted by Gasteiger charge is 1.86. The van der Waals surface area contributed by atoms with Crippen molar-refractivity contribution in [3.63, 3.8) is 0 Å². The quantitative estimate of drug-likeness (QED) is 0.471. The molecule has 0 fully saturated rings. The summed E-state index contributed by atoms with van der Waals surface area (Å²) in [4.78, 5) is 0. The Labute approximate surface area is 45.4 Å². The Morgan fingerprint density at radius 2 is 2.29 bits per heavy atom. The van der Waals surface area contributed by atoms with Crippen LogP contribution >= 0.6 is 0 Å². The van der Waals surface area contributed by atoms with Crippen LogP contribution in [0, 0.1) is 0 Å². The van der Waals surface area contributed by atoms with Gasteiger partial charge < -0.3 is 0 Å². The van der Waals surface area contributed by atoms with Crippen molar-refractivity contribution in [2.24, 2.45) is 0 Å². The summed E-state index contributed by atoms with van der Waals surface area (Å²) in [7, 11) is 0. The smallest absolute Gasteiger partial charge is 0.0314 e. The van der Waals surface area contributed by atoms with E-state index in [0.717, 1.165) is 6.54 Å².